The predicted octanol–water partition coefficient (Wildman–Crippen LogP) is 0.718. The Morgan fingerprint density at radius 3 is 2.72 bits per heavy atom. The van der Waals surface area contributed by atoms with Crippen LogP contribution in [-0.4, -0.2) is 41.9 Å². The lowest BCUT2D eigenvalue weighted by molar-refractivity contribution is -0.140. The molecule has 1 aliphatic carbocycles. The van der Waals surface area contributed by atoms with Crippen molar-refractivity contribution >= 4 is 12.0 Å². The van der Waals surface area contributed by atoms with E-state index in [1.165, 1.54) is 0 Å². The SMILES string of the molecule is CCC1OCCC1CNC(=O)NC1(C(=O)O)CC1. The number of nitrogens with one attached hydrogen (secondary N) is 2. The van der Waals surface area contributed by atoms with Crippen LogP contribution in [0.4, 0.5) is 4.79 Å². The van der Waals surface area contributed by atoms with Gasteiger partial charge in [0.1, 0.15) is 5.54 Å². The molecule has 2 amide bonds. The third kappa shape index (κ3) is 2.75. The van der Waals surface area contributed by atoms with Crippen LogP contribution in [0.1, 0.15) is 32.6 Å². The second-order valence-corrected chi connectivity index (χ2v) is 5.09. The number of hydrogen-bond acceptors (Lipinski definition) is 3. The van der Waals surface area contributed by atoms with Crippen LogP contribution in [0.25, 0.3) is 0 Å². The summed E-state index contributed by atoms with van der Waals surface area (Å²) in [5.41, 5.74) is -1.01. The summed E-state index contributed by atoms with van der Waals surface area (Å²) in [5, 5.41) is 14.2. The third-order valence-corrected chi connectivity index (χ3v) is 3.79. The minimum Gasteiger partial charge on any atom is -0.480 e. The molecule has 6 heteroatoms. The van der Waals surface area contributed by atoms with Crippen molar-refractivity contribution in [1.82, 2.24) is 10.6 Å². The van der Waals surface area contributed by atoms with Gasteiger partial charge in [-0.25, -0.2) is 9.59 Å². The molecule has 0 aromatic carbocycles. The number of ether oxygens (including phenoxy) is 1. The van der Waals surface area contributed by atoms with Gasteiger partial charge in [0.15, 0.2) is 0 Å². The first-order valence-corrected chi connectivity index (χ1v) is 6.48. The molecule has 2 rings (SSSR count). The summed E-state index contributed by atoms with van der Waals surface area (Å²) in [6.45, 7) is 3.35. The number of hydrogen-bond donors (Lipinski definition) is 3. The minimum atomic E-state index is -1.01. The molecule has 0 spiro atoms. The topological polar surface area (TPSA) is 87.7 Å². The van der Waals surface area contributed by atoms with Gasteiger partial charge in [0.25, 0.3) is 0 Å². The number of amides is 2. The van der Waals surface area contributed by atoms with Crippen molar-refractivity contribution in [1.29, 1.82) is 0 Å². The highest BCUT2D eigenvalue weighted by Crippen LogP contribution is 2.35. The van der Waals surface area contributed by atoms with Gasteiger partial charge < -0.3 is 20.5 Å². The third-order valence-electron chi connectivity index (χ3n) is 3.79. The van der Waals surface area contributed by atoms with Crippen molar-refractivity contribution in [2.75, 3.05) is 13.2 Å². The Morgan fingerprint density at radius 2 is 2.17 bits per heavy atom. The zero-order valence-corrected chi connectivity index (χ0v) is 10.6. The highest BCUT2D eigenvalue weighted by Gasteiger charge is 2.51. The van der Waals surface area contributed by atoms with Gasteiger partial charge in [-0.1, -0.05) is 6.92 Å². The maximum Gasteiger partial charge on any atom is 0.329 e. The van der Waals surface area contributed by atoms with E-state index in [9.17, 15) is 9.59 Å². The molecule has 18 heavy (non-hydrogen) atoms. The molecule has 0 aromatic rings. The molecular formula is C12H20N2O4. The zero-order valence-electron chi connectivity index (χ0n) is 10.6. The van der Waals surface area contributed by atoms with Crippen molar-refractivity contribution < 1.29 is 19.4 Å². The first kappa shape index (κ1) is 13.1. The van der Waals surface area contributed by atoms with Crippen LogP contribution >= 0.6 is 0 Å². The lowest BCUT2D eigenvalue weighted by atomic mass is 10.00. The molecular weight excluding hydrogens is 236 g/mol. The number of rotatable bonds is 5. The molecule has 2 atom stereocenters. The standard InChI is InChI=1S/C12H20N2O4/c1-2-9-8(3-6-18-9)7-13-11(17)14-12(4-5-12)10(15)16/h8-9H,2-7H2,1H3,(H,15,16)(H2,13,14,17). The second kappa shape index (κ2) is 5.14. The molecule has 1 saturated carbocycles. The van der Waals surface area contributed by atoms with E-state index in [2.05, 4.69) is 17.6 Å². The van der Waals surface area contributed by atoms with Crippen LogP contribution in [0, 0.1) is 5.92 Å². The number of urea groups is 1. The molecule has 0 aromatic heterocycles. The van der Waals surface area contributed by atoms with Crippen molar-refractivity contribution in [2.24, 2.45) is 5.92 Å². The number of carboxylic acids is 1. The van der Waals surface area contributed by atoms with E-state index in [1.807, 2.05) is 0 Å². The Labute approximate surface area is 106 Å². The second-order valence-electron chi connectivity index (χ2n) is 5.09. The van der Waals surface area contributed by atoms with E-state index in [4.69, 9.17) is 9.84 Å². The summed E-state index contributed by atoms with van der Waals surface area (Å²) in [7, 11) is 0. The highest BCUT2D eigenvalue weighted by molar-refractivity contribution is 5.88. The first-order valence-electron chi connectivity index (χ1n) is 6.48. The molecule has 2 aliphatic rings. The van der Waals surface area contributed by atoms with E-state index < -0.39 is 17.5 Å². The van der Waals surface area contributed by atoms with Gasteiger partial charge in [-0.2, -0.15) is 0 Å². The Balaban J connectivity index is 1.74. The molecule has 0 radical (unpaired) electrons. The van der Waals surface area contributed by atoms with Crippen LogP contribution in [0.15, 0.2) is 0 Å². The van der Waals surface area contributed by atoms with Crippen LogP contribution in [0.2, 0.25) is 0 Å². The monoisotopic (exact) mass is 256 g/mol. The van der Waals surface area contributed by atoms with Crippen molar-refractivity contribution in [2.45, 2.75) is 44.2 Å². The van der Waals surface area contributed by atoms with Crippen LogP contribution < -0.4 is 10.6 Å². The fraction of sp³-hybridized carbons (Fsp3) is 0.833. The first-order chi connectivity index (χ1) is 8.57. The van der Waals surface area contributed by atoms with E-state index in [-0.39, 0.29) is 6.10 Å². The predicted molar refractivity (Wildman–Crippen MR) is 64.3 cm³/mol. The van der Waals surface area contributed by atoms with Gasteiger partial charge in [-0.05, 0) is 25.7 Å². The molecule has 102 valence electrons. The van der Waals surface area contributed by atoms with Gasteiger partial charge in [0, 0.05) is 19.1 Å². The van der Waals surface area contributed by atoms with Gasteiger partial charge >= 0.3 is 12.0 Å². The molecule has 2 fully saturated rings. The fourth-order valence-electron chi connectivity index (χ4n) is 2.38. The lowest BCUT2D eigenvalue weighted by Crippen LogP contribution is -2.49. The Morgan fingerprint density at radius 1 is 1.44 bits per heavy atom. The summed E-state index contributed by atoms with van der Waals surface area (Å²) in [6.07, 6.45) is 3.12. The fourth-order valence-corrected chi connectivity index (χ4v) is 2.38. The van der Waals surface area contributed by atoms with Crippen molar-refractivity contribution in [3.63, 3.8) is 0 Å². The largest absolute Gasteiger partial charge is 0.480 e. The number of aliphatic carboxylic acids is 1. The number of carboxylic acid groups (broad SMARTS) is 1. The van der Waals surface area contributed by atoms with Crippen LogP contribution in [-0.2, 0) is 9.53 Å². The maximum absolute atomic E-state index is 11.6. The quantitative estimate of drug-likeness (QED) is 0.676. The van der Waals surface area contributed by atoms with Gasteiger partial charge in [-0.15, -0.1) is 0 Å². The van der Waals surface area contributed by atoms with Crippen molar-refractivity contribution in [3.05, 3.63) is 0 Å². The van der Waals surface area contributed by atoms with Crippen LogP contribution in [0.5, 0.6) is 0 Å². The maximum atomic E-state index is 11.6. The highest BCUT2D eigenvalue weighted by atomic mass is 16.5. The van der Waals surface area contributed by atoms with Gasteiger partial charge in [0.2, 0.25) is 0 Å². The smallest absolute Gasteiger partial charge is 0.329 e. The summed E-state index contributed by atoms with van der Waals surface area (Å²) in [5.74, 6) is -0.617. The van der Waals surface area contributed by atoms with E-state index >= 15 is 0 Å². The average Bonchev–Trinajstić information content (AvgIpc) is 2.97. The minimum absolute atomic E-state index is 0.208. The number of carbonyl (C=O) groups is 2. The normalized spacial score (nSPS) is 28.7. The van der Waals surface area contributed by atoms with E-state index in [0.717, 1.165) is 19.4 Å². The number of carbonyl (C=O) groups excluding carboxylic acids is 1. The molecule has 3 N–H and O–H groups in total. The summed E-state index contributed by atoms with van der Waals surface area (Å²) < 4.78 is 5.53. The average molecular weight is 256 g/mol. The van der Waals surface area contributed by atoms with E-state index in [0.29, 0.717) is 25.3 Å². The summed E-state index contributed by atoms with van der Waals surface area (Å²) in [4.78, 5) is 22.5. The Hall–Kier alpha value is -1.30. The molecule has 1 heterocycles. The summed E-state index contributed by atoms with van der Waals surface area (Å²) in [6, 6.07) is -0.392. The molecule has 1 saturated heterocycles. The lowest BCUT2D eigenvalue weighted by Gasteiger charge is -2.18. The van der Waals surface area contributed by atoms with E-state index in [1.54, 1.807) is 0 Å². The van der Waals surface area contributed by atoms with Crippen molar-refractivity contribution in [3.8, 4) is 0 Å². The summed E-state index contributed by atoms with van der Waals surface area (Å²) >= 11 is 0. The molecule has 1 aliphatic heterocycles. The molecule has 6 nitrogen and oxygen atoms in total. The van der Waals surface area contributed by atoms with Gasteiger partial charge in [-0.3, -0.25) is 0 Å². The zero-order chi connectivity index (χ0) is 13.2. The van der Waals surface area contributed by atoms with Gasteiger partial charge in [0.05, 0.1) is 6.10 Å². The Kier molecular flexibility index (Phi) is 3.75. The molecule has 0 bridgehead atoms. The van der Waals surface area contributed by atoms with Crippen LogP contribution in [0.3, 0.4) is 0 Å². The molecule has 2 unspecified atom stereocenters. The Bertz CT molecular complexity index is 341.